The third-order valence-corrected chi connectivity index (χ3v) is 3.24. The Morgan fingerprint density at radius 3 is 2.50 bits per heavy atom. The molecule has 2 fully saturated rings. The average molecular weight is 170 g/mol. The van der Waals surface area contributed by atoms with Crippen LogP contribution < -0.4 is 0 Å². The van der Waals surface area contributed by atoms with Gasteiger partial charge in [0.1, 0.15) is 5.60 Å². The van der Waals surface area contributed by atoms with Gasteiger partial charge in [-0.2, -0.15) is 0 Å². The van der Waals surface area contributed by atoms with Crippen molar-refractivity contribution in [1.82, 2.24) is 0 Å². The molecule has 0 radical (unpaired) electrons. The molecule has 68 valence electrons. The van der Waals surface area contributed by atoms with Crippen molar-refractivity contribution in [2.75, 3.05) is 7.11 Å². The normalized spacial score (nSPS) is 35.8. The fourth-order valence-corrected chi connectivity index (χ4v) is 2.24. The van der Waals surface area contributed by atoms with Gasteiger partial charge in [-0.15, -0.1) is 0 Å². The highest BCUT2D eigenvalue weighted by Crippen LogP contribution is 2.62. The van der Waals surface area contributed by atoms with Gasteiger partial charge in [-0.25, -0.2) is 4.79 Å². The van der Waals surface area contributed by atoms with E-state index in [2.05, 4.69) is 0 Å². The molecule has 1 spiro atoms. The molecule has 1 unspecified atom stereocenters. The SMILES string of the molecule is CCC1(C(=O)OC)OC12CCC2. The molecule has 1 heterocycles. The first-order valence-electron chi connectivity index (χ1n) is 4.49. The topological polar surface area (TPSA) is 38.8 Å². The first kappa shape index (κ1) is 8.05. The van der Waals surface area contributed by atoms with E-state index in [0.717, 1.165) is 19.3 Å². The molecule has 1 atom stereocenters. The third kappa shape index (κ3) is 0.678. The first-order valence-corrected chi connectivity index (χ1v) is 4.49. The molecule has 0 N–H and O–H groups in total. The molecule has 0 aromatic carbocycles. The van der Waals surface area contributed by atoms with Crippen LogP contribution in [0.1, 0.15) is 32.6 Å². The van der Waals surface area contributed by atoms with E-state index in [4.69, 9.17) is 9.47 Å². The van der Waals surface area contributed by atoms with E-state index in [9.17, 15) is 4.79 Å². The Morgan fingerprint density at radius 1 is 1.58 bits per heavy atom. The quantitative estimate of drug-likeness (QED) is 0.462. The summed E-state index contributed by atoms with van der Waals surface area (Å²) in [4.78, 5) is 11.4. The molecular formula is C9H14O3. The minimum Gasteiger partial charge on any atom is -0.467 e. The average Bonchev–Trinajstić information content (AvgIpc) is 2.73. The highest BCUT2D eigenvalue weighted by Gasteiger charge is 2.76. The zero-order valence-corrected chi connectivity index (χ0v) is 7.55. The lowest BCUT2D eigenvalue weighted by Crippen LogP contribution is -2.38. The van der Waals surface area contributed by atoms with E-state index in [1.54, 1.807) is 0 Å². The summed E-state index contributed by atoms with van der Waals surface area (Å²) in [6.07, 6.45) is 3.96. The van der Waals surface area contributed by atoms with Crippen molar-refractivity contribution in [1.29, 1.82) is 0 Å². The van der Waals surface area contributed by atoms with Gasteiger partial charge >= 0.3 is 5.97 Å². The predicted octanol–water partition coefficient (Wildman–Crippen LogP) is 1.26. The molecule has 1 saturated heterocycles. The number of hydrogen-bond donors (Lipinski definition) is 0. The minimum atomic E-state index is -0.569. The van der Waals surface area contributed by atoms with Crippen LogP contribution in [0.4, 0.5) is 0 Å². The molecular weight excluding hydrogens is 156 g/mol. The van der Waals surface area contributed by atoms with Gasteiger partial charge in [0.15, 0.2) is 5.60 Å². The summed E-state index contributed by atoms with van der Waals surface area (Å²) in [7, 11) is 1.42. The third-order valence-electron chi connectivity index (χ3n) is 3.24. The summed E-state index contributed by atoms with van der Waals surface area (Å²) in [6, 6.07) is 0. The van der Waals surface area contributed by atoms with Crippen LogP contribution in [0.25, 0.3) is 0 Å². The lowest BCUT2D eigenvalue weighted by Gasteiger charge is -2.24. The van der Waals surface area contributed by atoms with Crippen LogP contribution in [0.15, 0.2) is 0 Å². The Bertz CT molecular complexity index is 220. The molecule has 12 heavy (non-hydrogen) atoms. The number of epoxide rings is 1. The number of carbonyl (C=O) groups excluding carboxylic acids is 1. The van der Waals surface area contributed by atoms with Crippen molar-refractivity contribution in [3.8, 4) is 0 Å². The second-order valence-electron chi connectivity index (χ2n) is 3.62. The molecule has 0 bridgehead atoms. The molecule has 1 aliphatic carbocycles. The standard InChI is InChI=1S/C9H14O3/c1-3-9(7(10)11-2)8(12-9)5-4-6-8/h3-6H2,1-2H3. The Morgan fingerprint density at radius 2 is 2.25 bits per heavy atom. The maximum atomic E-state index is 11.4. The van der Waals surface area contributed by atoms with Crippen molar-refractivity contribution >= 4 is 5.97 Å². The van der Waals surface area contributed by atoms with Crippen LogP contribution in [0.5, 0.6) is 0 Å². The van der Waals surface area contributed by atoms with Gasteiger partial charge in [0.2, 0.25) is 0 Å². The molecule has 0 aromatic heterocycles. The smallest absolute Gasteiger partial charge is 0.341 e. The summed E-state index contributed by atoms with van der Waals surface area (Å²) < 4.78 is 10.3. The highest BCUT2D eigenvalue weighted by molar-refractivity contribution is 5.85. The monoisotopic (exact) mass is 170 g/mol. The van der Waals surface area contributed by atoms with Crippen LogP contribution in [0, 0.1) is 0 Å². The van der Waals surface area contributed by atoms with E-state index in [1.807, 2.05) is 6.92 Å². The molecule has 1 saturated carbocycles. The molecule has 3 heteroatoms. The van der Waals surface area contributed by atoms with E-state index in [1.165, 1.54) is 13.5 Å². The number of rotatable bonds is 2. The van der Waals surface area contributed by atoms with E-state index < -0.39 is 5.60 Å². The second-order valence-corrected chi connectivity index (χ2v) is 3.62. The van der Waals surface area contributed by atoms with E-state index in [-0.39, 0.29) is 11.6 Å². The summed E-state index contributed by atoms with van der Waals surface area (Å²) in [5.41, 5.74) is -0.686. The van der Waals surface area contributed by atoms with Gasteiger partial charge in [0.05, 0.1) is 7.11 Å². The van der Waals surface area contributed by atoms with Crippen molar-refractivity contribution < 1.29 is 14.3 Å². The zero-order valence-electron chi connectivity index (χ0n) is 7.55. The van der Waals surface area contributed by atoms with E-state index >= 15 is 0 Å². The van der Waals surface area contributed by atoms with Gasteiger partial charge in [-0.1, -0.05) is 6.92 Å². The minimum absolute atomic E-state index is 0.116. The Kier molecular flexibility index (Phi) is 1.49. The van der Waals surface area contributed by atoms with Crippen molar-refractivity contribution in [3.63, 3.8) is 0 Å². The fraction of sp³-hybridized carbons (Fsp3) is 0.889. The highest BCUT2D eigenvalue weighted by atomic mass is 16.7. The number of methoxy groups -OCH3 is 1. The van der Waals surface area contributed by atoms with Crippen LogP contribution >= 0.6 is 0 Å². The van der Waals surface area contributed by atoms with Gasteiger partial charge in [-0.3, -0.25) is 0 Å². The van der Waals surface area contributed by atoms with Crippen LogP contribution in [0.2, 0.25) is 0 Å². The molecule has 0 aromatic rings. The van der Waals surface area contributed by atoms with Crippen LogP contribution in [0.3, 0.4) is 0 Å². The van der Waals surface area contributed by atoms with E-state index in [0.29, 0.717) is 0 Å². The molecule has 2 rings (SSSR count). The van der Waals surface area contributed by atoms with Crippen molar-refractivity contribution in [2.45, 2.75) is 43.8 Å². The maximum Gasteiger partial charge on any atom is 0.341 e. The Labute approximate surface area is 72.0 Å². The van der Waals surface area contributed by atoms with Crippen molar-refractivity contribution in [2.24, 2.45) is 0 Å². The maximum absolute atomic E-state index is 11.4. The lowest BCUT2D eigenvalue weighted by molar-refractivity contribution is -0.147. The van der Waals surface area contributed by atoms with Gasteiger partial charge in [0, 0.05) is 0 Å². The summed E-state index contributed by atoms with van der Waals surface area (Å²) >= 11 is 0. The summed E-state index contributed by atoms with van der Waals surface area (Å²) in [5.74, 6) is -0.190. The predicted molar refractivity (Wildman–Crippen MR) is 42.7 cm³/mol. The second kappa shape index (κ2) is 2.22. The molecule has 2 aliphatic rings. The number of ether oxygens (including phenoxy) is 2. The molecule has 3 nitrogen and oxygen atoms in total. The largest absolute Gasteiger partial charge is 0.467 e. The van der Waals surface area contributed by atoms with Crippen molar-refractivity contribution in [3.05, 3.63) is 0 Å². The number of esters is 1. The van der Waals surface area contributed by atoms with Gasteiger partial charge < -0.3 is 9.47 Å². The Balaban J connectivity index is 2.14. The summed E-state index contributed by atoms with van der Waals surface area (Å²) in [5, 5.41) is 0. The number of carbonyl (C=O) groups is 1. The van der Waals surface area contributed by atoms with Gasteiger partial charge in [-0.05, 0) is 25.7 Å². The zero-order chi connectivity index (χ0) is 8.82. The Hall–Kier alpha value is -0.570. The lowest BCUT2D eigenvalue weighted by atomic mass is 9.74. The fourth-order valence-electron chi connectivity index (χ4n) is 2.24. The van der Waals surface area contributed by atoms with Crippen LogP contribution in [-0.4, -0.2) is 24.3 Å². The van der Waals surface area contributed by atoms with Gasteiger partial charge in [0.25, 0.3) is 0 Å². The first-order chi connectivity index (χ1) is 5.71. The van der Waals surface area contributed by atoms with Crippen LogP contribution in [-0.2, 0) is 14.3 Å². The number of hydrogen-bond acceptors (Lipinski definition) is 3. The molecule has 1 aliphatic heterocycles. The molecule has 0 amide bonds. The summed E-state index contributed by atoms with van der Waals surface area (Å²) in [6.45, 7) is 1.98.